The first kappa shape index (κ1) is 21.6. The highest BCUT2D eigenvalue weighted by Gasteiger charge is 2.48. The van der Waals surface area contributed by atoms with Gasteiger partial charge in [0.15, 0.2) is 12.3 Å². The molecule has 0 fully saturated rings. The van der Waals surface area contributed by atoms with Crippen LogP contribution in [0.1, 0.15) is 23.5 Å². The number of aliphatic hydroxyl groups excluding tert-OH is 1. The van der Waals surface area contributed by atoms with Gasteiger partial charge in [-0.25, -0.2) is 4.39 Å². The Morgan fingerprint density at radius 2 is 1.87 bits per heavy atom. The van der Waals surface area contributed by atoms with Gasteiger partial charge in [0.1, 0.15) is 11.6 Å². The number of hydrogen-bond donors (Lipinski definition) is 1. The molecule has 1 aromatic heterocycles. The number of aliphatic hydroxyl groups is 1. The summed E-state index contributed by atoms with van der Waals surface area (Å²) in [4.78, 5) is 1.33. The minimum atomic E-state index is -4.59. The van der Waals surface area contributed by atoms with Gasteiger partial charge in [-0.1, -0.05) is 23.7 Å². The van der Waals surface area contributed by atoms with Gasteiger partial charge < -0.3 is 9.84 Å². The number of nitrogens with zero attached hydrogens (tertiary/aromatic N) is 3. The van der Waals surface area contributed by atoms with Crippen molar-refractivity contribution in [3.05, 3.63) is 70.6 Å². The fourth-order valence-electron chi connectivity index (χ4n) is 3.59. The molecule has 1 aliphatic heterocycles. The molecular formula is C21H18ClF4N3O2. The zero-order chi connectivity index (χ0) is 22.3. The molecule has 164 valence electrons. The lowest BCUT2D eigenvalue weighted by atomic mass is 10.1. The fraction of sp³-hybridized carbons (Fsp3) is 0.286. The van der Waals surface area contributed by atoms with Gasteiger partial charge in [-0.05, 0) is 42.0 Å². The minimum Gasteiger partial charge on any atom is -0.497 e. The maximum Gasteiger partial charge on any atom is 0.412 e. The van der Waals surface area contributed by atoms with E-state index in [2.05, 4.69) is 5.10 Å². The molecule has 0 saturated carbocycles. The number of methoxy groups -OCH3 is 1. The molecule has 1 N–H and O–H groups in total. The summed E-state index contributed by atoms with van der Waals surface area (Å²) in [7, 11) is 1.52. The van der Waals surface area contributed by atoms with E-state index < -0.39 is 30.8 Å². The van der Waals surface area contributed by atoms with Gasteiger partial charge in [0, 0.05) is 18.7 Å². The summed E-state index contributed by atoms with van der Waals surface area (Å²) in [6.45, 7) is -0.379. The van der Waals surface area contributed by atoms with Crippen LogP contribution in [0.5, 0.6) is 5.75 Å². The van der Waals surface area contributed by atoms with Crippen LogP contribution in [-0.2, 0) is 6.54 Å². The maximum absolute atomic E-state index is 13.8. The summed E-state index contributed by atoms with van der Waals surface area (Å²) in [5, 5.41) is 14.7. The van der Waals surface area contributed by atoms with Gasteiger partial charge >= 0.3 is 6.18 Å². The van der Waals surface area contributed by atoms with Crippen LogP contribution in [0, 0.1) is 5.82 Å². The summed E-state index contributed by atoms with van der Waals surface area (Å²) in [6.07, 6.45) is -5.89. The predicted molar refractivity (Wildman–Crippen MR) is 106 cm³/mol. The molecule has 0 aliphatic carbocycles. The predicted octanol–water partition coefficient (Wildman–Crippen LogP) is 4.96. The lowest BCUT2D eigenvalue weighted by molar-refractivity contribution is -0.192. The van der Waals surface area contributed by atoms with Gasteiger partial charge in [0.25, 0.3) is 0 Å². The Kier molecular flexibility index (Phi) is 5.67. The molecule has 31 heavy (non-hydrogen) atoms. The van der Waals surface area contributed by atoms with E-state index in [1.54, 1.807) is 24.3 Å². The maximum atomic E-state index is 13.8. The molecule has 2 aromatic carbocycles. The molecule has 0 amide bonds. The average molecular weight is 456 g/mol. The Labute approximate surface area is 180 Å². The van der Waals surface area contributed by atoms with Crippen LogP contribution < -0.4 is 4.74 Å². The van der Waals surface area contributed by atoms with E-state index in [4.69, 9.17) is 16.3 Å². The first-order chi connectivity index (χ1) is 14.7. The van der Waals surface area contributed by atoms with E-state index in [0.29, 0.717) is 11.3 Å². The third-order valence-electron chi connectivity index (χ3n) is 5.22. The van der Waals surface area contributed by atoms with Crippen molar-refractivity contribution >= 4 is 11.6 Å². The Morgan fingerprint density at radius 1 is 1.16 bits per heavy atom. The Hall–Kier alpha value is -2.62. The lowest BCUT2D eigenvalue weighted by Crippen LogP contribution is -2.46. The number of ether oxygens (including phenoxy) is 1. The zero-order valence-electron chi connectivity index (χ0n) is 16.3. The number of fused-ring (bicyclic) bond motifs is 1. The summed E-state index contributed by atoms with van der Waals surface area (Å²) < 4.78 is 60.8. The van der Waals surface area contributed by atoms with Gasteiger partial charge in [-0.2, -0.15) is 18.3 Å². The smallest absolute Gasteiger partial charge is 0.412 e. The highest BCUT2D eigenvalue weighted by atomic mass is 35.5. The third-order valence-corrected chi connectivity index (χ3v) is 5.51. The molecule has 5 nitrogen and oxygen atoms in total. The average Bonchev–Trinajstić information content (AvgIpc) is 3.17. The van der Waals surface area contributed by atoms with Gasteiger partial charge in [0.2, 0.25) is 0 Å². The molecular weight excluding hydrogens is 438 g/mol. The quantitative estimate of drug-likeness (QED) is 0.565. The number of hydrogen-bond acceptors (Lipinski definition) is 4. The van der Waals surface area contributed by atoms with Gasteiger partial charge in [-0.15, -0.1) is 0 Å². The second-order valence-corrected chi connectivity index (χ2v) is 7.64. The second kappa shape index (κ2) is 8.14. The van der Waals surface area contributed by atoms with Crippen LogP contribution in [0.15, 0.2) is 48.5 Å². The molecule has 2 atom stereocenters. The Morgan fingerprint density at radius 3 is 2.48 bits per heavy atom. The SMILES string of the molecule is COc1ccc(CN2CC(C(F)(F)F)n3nc(-c4ccc(F)c(Cl)c4)cc3C2O)cc1. The van der Waals surface area contributed by atoms with Crippen LogP contribution in [0.3, 0.4) is 0 Å². The topological polar surface area (TPSA) is 50.5 Å². The van der Waals surface area contributed by atoms with Crippen LogP contribution in [-0.4, -0.2) is 39.6 Å². The summed E-state index contributed by atoms with van der Waals surface area (Å²) in [5.41, 5.74) is 1.23. The van der Waals surface area contributed by atoms with Crippen LogP contribution >= 0.6 is 11.6 Å². The molecule has 0 spiro atoms. The highest BCUT2D eigenvalue weighted by Crippen LogP contribution is 2.40. The zero-order valence-corrected chi connectivity index (χ0v) is 17.0. The third kappa shape index (κ3) is 4.26. The van der Waals surface area contributed by atoms with Gasteiger partial charge in [-0.3, -0.25) is 9.58 Å². The Balaban J connectivity index is 1.70. The van der Waals surface area contributed by atoms with Crippen molar-refractivity contribution in [3.63, 3.8) is 0 Å². The van der Waals surface area contributed by atoms with Crippen LogP contribution in [0.2, 0.25) is 5.02 Å². The minimum absolute atomic E-state index is 0.00228. The van der Waals surface area contributed by atoms with Crippen molar-refractivity contribution in [2.75, 3.05) is 13.7 Å². The monoisotopic (exact) mass is 455 g/mol. The van der Waals surface area contributed by atoms with E-state index in [0.717, 1.165) is 16.3 Å². The molecule has 0 saturated heterocycles. The number of aromatic nitrogens is 2. The van der Waals surface area contributed by atoms with E-state index >= 15 is 0 Å². The van der Waals surface area contributed by atoms with Crippen LogP contribution in [0.25, 0.3) is 11.3 Å². The van der Waals surface area contributed by atoms with Crippen molar-refractivity contribution in [3.8, 4) is 17.0 Å². The summed E-state index contributed by atoms with van der Waals surface area (Å²) in [5.74, 6) is -0.0231. The van der Waals surface area contributed by atoms with E-state index in [-0.39, 0.29) is 23.0 Å². The van der Waals surface area contributed by atoms with Crippen molar-refractivity contribution < 1.29 is 27.4 Å². The van der Waals surface area contributed by atoms with Crippen molar-refractivity contribution in [1.82, 2.24) is 14.7 Å². The summed E-state index contributed by atoms with van der Waals surface area (Å²) >= 11 is 5.80. The van der Waals surface area contributed by atoms with E-state index in [1.807, 2.05) is 0 Å². The number of halogens is 5. The summed E-state index contributed by atoms with van der Waals surface area (Å²) in [6, 6.07) is 10.1. The Bertz CT molecular complexity index is 1090. The molecule has 3 aromatic rings. The molecule has 0 radical (unpaired) electrons. The second-order valence-electron chi connectivity index (χ2n) is 7.24. The molecule has 0 bridgehead atoms. The number of benzene rings is 2. The van der Waals surface area contributed by atoms with E-state index in [1.165, 1.54) is 30.2 Å². The highest BCUT2D eigenvalue weighted by molar-refractivity contribution is 6.31. The first-order valence-corrected chi connectivity index (χ1v) is 9.72. The molecule has 2 unspecified atom stereocenters. The van der Waals surface area contributed by atoms with Crippen LogP contribution in [0.4, 0.5) is 17.6 Å². The number of rotatable bonds is 4. The van der Waals surface area contributed by atoms with Crippen molar-refractivity contribution in [2.45, 2.75) is 25.0 Å². The normalized spacial score (nSPS) is 19.3. The van der Waals surface area contributed by atoms with Gasteiger partial charge in [0.05, 0.1) is 23.5 Å². The molecule has 2 heterocycles. The lowest BCUT2D eigenvalue weighted by Gasteiger charge is -2.38. The molecule has 1 aliphatic rings. The van der Waals surface area contributed by atoms with Crippen molar-refractivity contribution in [1.29, 1.82) is 0 Å². The number of alkyl halides is 3. The largest absolute Gasteiger partial charge is 0.497 e. The fourth-order valence-corrected chi connectivity index (χ4v) is 3.77. The molecule has 4 rings (SSSR count). The standard InChI is InChI=1S/C21H18ClF4N3O2/c1-31-14-5-2-12(3-6-14)10-28-11-19(21(24,25)26)29-18(20(28)30)9-17(27-29)13-4-7-16(23)15(22)8-13/h2-9,19-20,30H,10-11H2,1H3. The van der Waals surface area contributed by atoms with Crippen molar-refractivity contribution in [2.24, 2.45) is 0 Å². The first-order valence-electron chi connectivity index (χ1n) is 9.34. The van der Waals surface area contributed by atoms with E-state index in [9.17, 15) is 22.7 Å². The molecule has 10 heteroatoms.